The van der Waals surface area contributed by atoms with Gasteiger partial charge in [0.05, 0.1) is 5.25 Å². The first-order chi connectivity index (χ1) is 14.6. The molecule has 6 nitrogen and oxygen atoms in total. The highest BCUT2D eigenvalue weighted by Gasteiger charge is 2.21. The lowest BCUT2D eigenvalue weighted by Crippen LogP contribution is -2.22. The Morgan fingerprint density at radius 1 is 1.06 bits per heavy atom. The van der Waals surface area contributed by atoms with Gasteiger partial charge in [-0.15, -0.1) is 10.2 Å². The van der Waals surface area contributed by atoms with Gasteiger partial charge in [0.1, 0.15) is 11.6 Å². The number of amides is 1. The number of rotatable bonds is 7. The number of benzene rings is 2. The van der Waals surface area contributed by atoms with Gasteiger partial charge in [0.2, 0.25) is 5.91 Å². The van der Waals surface area contributed by atoms with E-state index in [1.807, 2.05) is 24.3 Å². The molecule has 0 saturated carbocycles. The Morgan fingerprint density at radius 2 is 1.71 bits per heavy atom. The van der Waals surface area contributed by atoms with Crippen LogP contribution in [-0.4, -0.2) is 21.4 Å². The molecule has 3 rings (SSSR count). The highest BCUT2D eigenvalue weighted by Crippen LogP contribution is 2.28. The van der Waals surface area contributed by atoms with E-state index < -0.39 is 11.4 Å². The number of nitrogens with zero attached hydrogens (tertiary/aromatic N) is 2. The third kappa shape index (κ3) is 6.30. The van der Waals surface area contributed by atoms with Crippen molar-refractivity contribution in [2.24, 2.45) is 0 Å². The molecule has 0 aliphatic carbocycles. The fraction of sp³-hybridized carbons (Fsp3) is 0.348. The van der Waals surface area contributed by atoms with Crippen LogP contribution in [0.3, 0.4) is 0 Å². The van der Waals surface area contributed by atoms with Gasteiger partial charge in [0.25, 0.3) is 11.1 Å². The molecule has 2 atom stereocenters. The van der Waals surface area contributed by atoms with Crippen molar-refractivity contribution in [1.29, 1.82) is 0 Å². The average Bonchev–Trinajstić information content (AvgIpc) is 3.18. The molecular formula is C23H26FN3O3S. The van der Waals surface area contributed by atoms with Crippen molar-refractivity contribution in [3.63, 3.8) is 0 Å². The van der Waals surface area contributed by atoms with Gasteiger partial charge < -0.3 is 14.5 Å². The minimum atomic E-state index is -0.516. The van der Waals surface area contributed by atoms with Crippen LogP contribution in [0.25, 0.3) is 0 Å². The van der Waals surface area contributed by atoms with Gasteiger partial charge in [-0.1, -0.05) is 44.7 Å². The van der Waals surface area contributed by atoms with E-state index in [0.29, 0.717) is 5.75 Å². The topological polar surface area (TPSA) is 77.2 Å². The quantitative estimate of drug-likeness (QED) is 0.468. The molecule has 3 aromatic rings. The van der Waals surface area contributed by atoms with Crippen LogP contribution in [0.4, 0.5) is 10.1 Å². The molecule has 1 N–H and O–H groups in total. The zero-order chi connectivity index (χ0) is 22.6. The van der Waals surface area contributed by atoms with Crippen LogP contribution < -0.4 is 10.1 Å². The first-order valence-corrected chi connectivity index (χ1v) is 10.8. The summed E-state index contributed by atoms with van der Waals surface area (Å²) in [6, 6.07) is 13.5. The summed E-state index contributed by atoms with van der Waals surface area (Å²) < 4.78 is 24.3. The van der Waals surface area contributed by atoms with Gasteiger partial charge in [-0.2, -0.15) is 0 Å². The van der Waals surface area contributed by atoms with E-state index >= 15 is 0 Å². The number of anilines is 1. The van der Waals surface area contributed by atoms with Crippen molar-refractivity contribution in [2.45, 2.75) is 56.6 Å². The summed E-state index contributed by atoms with van der Waals surface area (Å²) in [7, 11) is 0. The molecule has 2 aromatic carbocycles. The summed E-state index contributed by atoms with van der Waals surface area (Å²) in [6.07, 6.45) is -0.516. The van der Waals surface area contributed by atoms with Crippen LogP contribution >= 0.6 is 11.8 Å². The number of carbonyl (C=O) groups excluding carboxylic acids is 1. The lowest BCUT2D eigenvalue weighted by Gasteiger charge is -2.19. The summed E-state index contributed by atoms with van der Waals surface area (Å²) in [5, 5.41) is 10.7. The maximum absolute atomic E-state index is 13.0. The van der Waals surface area contributed by atoms with Crippen molar-refractivity contribution in [3.05, 3.63) is 65.8 Å². The van der Waals surface area contributed by atoms with Crippen LogP contribution in [0.5, 0.6) is 5.75 Å². The molecule has 1 heterocycles. The number of hydrogen-bond acceptors (Lipinski definition) is 6. The molecule has 0 spiro atoms. The monoisotopic (exact) mass is 443 g/mol. The number of ether oxygens (including phenoxy) is 1. The molecule has 8 heteroatoms. The van der Waals surface area contributed by atoms with Crippen LogP contribution in [0.1, 0.15) is 52.2 Å². The molecule has 164 valence electrons. The minimum absolute atomic E-state index is 0.0545. The molecule has 0 bridgehead atoms. The van der Waals surface area contributed by atoms with Crippen LogP contribution in [0, 0.1) is 5.82 Å². The summed E-state index contributed by atoms with van der Waals surface area (Å²) in [5.74, 6) is 0.265. The lowest BCUT2D eigenvalue weighted by atomic mass is 9.87. The number of hydrogen-bond donors (Lipinski definition) is 1. The Labute approximate surface area is 185 Å². The lowest BCUT2D eigenvalue weighted by molar-refractivity contribution is -0.115. The van der Waals surface area contributed by atoms with Crippen LogP contribution in [0.2, 0.25) is 0 Å². The summed E-state index contributed by atoms with van der Waals surface area (Å²) in [5.41, 5.74) is 1.99. The second kappa shape index (κ2) is 9.51. The van der Waals surface area contributed by atoms with Gasteiger partial charge in [-0.05, 0) is 61.2 Å². The van der Waals surface area contributed by atoms with Crippen molar-refractivity contribution < 1.29 is 18.3 Å². The summed E-state index contributed by atoms with van der Waals surface area (Å²) >= 11 is 1.17. The zero-order valence-corrected chi connectivity index (χ0v) is 19.0. The molecule has 0 aliphatic heterocycles. The van der Waals surface area contributed by atoms with Gasteiger partial charge >= 0.3 is 0 Å². The predicted molar refractivity (Wildman–Crippen MR) is 119 cm³/mol. The number of thioether (sulfide) groups is 1. The Bertz CT molecular complexity index is 1010. The molecule has 0 radical (unpaired) electrons. The Balaban J connectivity index is 1.55. The minimum Gasteiger partial charge on any atom is -0.481 e. The van der Waals surface area contributed by atoms with E-state index in [1.54, 1.807) is 13.8 Å². The van der Waals surface area contributed by atoms with Gasteiger partial charge in [-0.25, -0.2) is 4.39 Å². The standard InChI is InChI=1S/C23H26FN3O3S/c1-14(29-19-12-8-17(24)9-13-19)21-26-27-22(30-21)31-15(2)20(28)25-18-10-6-16(7-11-18)23(3,4)5/h6-15H,1-5H3,(H,25,28). The van der Waals surface area contributed by atoms with E-state index in [9.17, 15) is 9.18 Å². The van der Waals surface area contributed by atoms with Gasteiger partial charge in [-0.3, -0.25) is 4.79 Å². The Morgan fingerprint density at radius 3 is 2.32 bits per heavy atom. The van der Waals surface area contributed by atoms with Crippen molar-refractivity contribution in [1.82, 2.24) is 10.2 Å². The fourth-order valence-corrected chi connectivity index (χ4v) is 3.39. The van der Waals surface area contributed by atoms with Gasteiger partial charge in [0, 0.05) is 5.69 Å². The second-order valence-corrected chi connectivity index (χ2v) is 9.49. The average molecular weight is 444 g/mol. The van der Waals surface area contributed by atoms with Crippen molar-refractivity contribution >= 4 is 23.4 Å². The fourth-order valence-electron chi connectivity index (χ4n) is 2.70. The number of aromatic nitrogens is 2. The smallest absolute Gasteiger partial charge is 0.277 e. The van der Waals surface area contributed by atoms with Crippen LogP contribution in [-0.2, 0) is 10.2 Å². The number of halogens is 1. The van der Waals surface area contributed by atoms with E-state index in [4.69, 9.17) is 9.15 Å². The highest BCUT2D eigenvalue weighted by molar-refractivity contribution is 8.00. The maximum Gasteiger partial charge on any atom is 0.277 e. The van der Waals surface area contributed by atoms with Crippen molar-refractivity contribution in [3.8, 4) is 5.75 Å². The van der Waals surface area contributed by atoms with Crippen molar-refractivity contribution in [2.75, 3.05) is 5.32 Å². The first kappa shape index (κ1) is 22.8. The highest BCUT2D eigenvalue weighted by atomic mass is 32.2. The third-order valence-electron chi connectivity index (χ3n) is 4.56. The zero-order valence-electron chi connectivity index (χ0n) is 18.2. The number of carbonyl (C=O) groups is 1. The van der Waals surface area contributed by atoms with E-state index in [0.717, 1.165) is 5.69 Å². The molecular weight excluding hydrogens is 417 g/mol. The maximum atomic E-state index is 13.0. The third-order valence-corrected chi connectivity index (χ3v) is 5.50. The second-order valence-electron chi connectivity index (χ2n) is 8.20. The predicted octanol–water partition coefficient (Wildman–Crippen LogP) is 5.77. The molecule has 1 aromatic heterocycles. The summed E-state index contributed by atoms with van der Waals surface area (Å²) in [6.45, 7) is 9.95. The Hall–Kier alpha value is -2.87. The van der Waals surface area contributed by atoms with E-state index in [2.05, 4.69) is 36.3 Å². The summed E-state index contributed by atoms with van der Waals surface area (Å²) in [4.78, 5) is 12.5. The van der Waals surface area contributed by atoms with Gasteiger partial charge in [0.15, 0.2) is 6.10 Å². The molecule has 0 saturated heterocycles. The SMILES string of the molecule is CC(Sc1nnc(C(C)Oc2ccc(F)cc2)o1)C(=O)Nc1ccc(C(C)(C)C)cc1. The first-order valence-electron chi connectivity index (χ1n) is 9.95. The molecule has 0 aliphatic rings. The van der Waals surface area contributed by atoms with Crippen LogP contribution in [0.15, 0.2) is 58.2 Å². The van der Waals surface area contributed by atoms with E-state index in [1.165, 1.54) is 41.6 Å². The Kier molecular flexibility index (Phi) is 7.00. The van der Waals surface area contributed by atoms with E-state index in [-0.39, 0.29) is 28.3 Å². The number of nitrogens with one attached hydrogen (secondary N) is 1. The largest absolute Gasteiger partial charge is 0.481 e. The molecule has 2 unspecified atom stereocenters. The molecule has 31 heavy (non-hydrogen) atoms. The molecule has 1 amide bonds. The normalized spacial score (nSPS) is 13.5. The molecule has 0 fully saturated rings.